The topological polar surface area (TPSA) is 78.0 Å². The van der Waals surface area contributed by atoms with Crippen LogP contribution >= 0.6 is 0 Å². The molecule has 0 saturated carbocycles. The normalized spacial score (nSPS) is 13.2. The Hall–Kier alpha value is -0.880. The minimum absolute atomic E-state index is 0.0902. The molecular weight excluding hydrogens is 202 g/mol. The summed E-state index contributed by atoms with van der Waals surface area (Å²) in [7, 11) is -3.66. The molecule has 0 bridgehead atoms. The van der Waals surface area contributed by atoms with Gasteiger partial charge in [-0.15, -0.1) is 0 Å². The third-order valence-electron chi connectivity index (χ3n) is 1.91. The van der Waals surface area contributed by atoms with Crippen molar-refractivity contribution < 1.29 is 8.42 Å². The van der Waals surface area contributed by atoms with Crippen LogP contribution in [0.3, 0.4) is 0 Å². The predicted molar refractivity (Wildman–Crippen MR) is 53.3 cm³/mol. The van der Waals surface area contributed by atoms with E-state index in [1.165, 1.54) is 6.20 Å². The average Bonchev–Trinajstić information content (AvgIpc) is 2.26. The van der Waals surface area contributed by atoms with Crippen molar-refractivity contribution in [2.45, 2.75) is 38.1 Å². The van der Waals surface area contributed by atoms with Gasteiger partial charge in [-0.05, 0) is 27.7 Å². The Morgan fingerprint density at radius 2 is 1.93 bits per heavy atom. The van der Waals surface area contributed by atoms with Gasteiger partial charge in [-0.25, -0.2) is 13.6 Å². The number of aromatic nitrogens is 2. The molecule has 6 heteroatoms. The van der Waals surface area contributed by atoms with Gasteiger partial charge in [0.2, 0.25) is 10.0 Å². The standard InChI is InChI=1S/C8H15N3O2S/c1-6-7(14(9,12)13)5-10-11(6)8(2,3)4/h5H,1-4H3,(H2,9,12,13). The Morgan fingerprint density at radius 1 is 1.43 bits per heavy atom. The van der Waals surface area contributed by atoms with E-state index in [2.05, 4.69) is 5.10 Å². The number of rotatable bonds is 1. The zero-order valence-electron chi connectivity index (χ0n) is 8.77. The van der Waals surface area contributed by atoms with Crippen molar-refractivity contribution in [1.82, 2.24) is 9.78 Å². The van der Waals surface area contributed by atoms with Gasteiger partial charge < -0.3 is 0 Å². The maximum Gasteiger partial charge on any atom is 0.241 e. The van der Waals surface area contributed by atoms with Crippen molar-refractivity contribution in [2.75, 3.05) is 0 Å². The molecule has 80 valence electrons. The molecule has 0 spiro atoms. The molecule has 5 nitrogen and oxygen atoms in total. The second-order valence-electron chi connectivity index (χ2n) is 4.22. The van der Waals surface area contributed by atoms with Crippen molar-refractivity contribution in [3.05, 3.63) is 11.9 Å². The number of hydrogen-bond donors (Lipinski definition) is 1. The molecule has 0 unspecified atom stereocenters. The Labute approximate surface area is 84.0 Å². The van der Waals surface area contributed by atoms with Gasteiger partial charge in [0.25, 0.3) is 0 Å². The fourth-order valence-electron chi connectivity index (χ4n) is 1.35. The lowest BCUT2D eigenvalue weighted by atomic mass is 10.1. The molecule has 0 saturated heterocycles. The van der Waals surface area contributed by atoms with E-state index < -0.39 is 10.0 Å². The maximum atomic E-state index is 11.1. The van der Waals surface area contributed by atoms with Crippen molar-refractivity contribution in [2.24, 2.45) is 5.14 Å². The van der Waals surface area contributed by atoms with E-state index in [0.717, 1.165) is 0 Å². The van der Waals surface area contributed by atoms with Crippen molar-refractivity contribution in [3.63, 3.8) is 0 Å². The minimum Gasteiger partial charge on any atom is -0.263 e. The van der Waals surface area contributed by atoms with Crippen molar-refractivity contribution in [1.29, 1.82) is 0 Å². The molecule has 1 aromatic heterocycles. The van der Waals surface area contributed by atoms with Gasteiger partial charge in [0.05, 0.1) is 17.4 Å². The van der Waals surface area contributed by atoms with E-state index >= 15 is 0 Å². The number of nitrogens with two attached hydrogens (primary N) is 1. The van der Waals surface area contributed by atoms with Crippen LogP contribution in [0.5, 0.6) is 0 Å². The largest absolute Gasteiger partial charge is 0.263 e. The van der Waals surface area contributed by atoms with Crippen LogP contribution in [0.1, 0.15) is 26.5 Å². The van der Waals surface area contributed by atoms with Crippen molar-refractivity contribution in [3.8, 4) is 0 Å². The number of nitrogens with zero attached hydrogens (tertiary/aromatic N) is 2. The summed E-state index contributed by atoms with van der Waals surface area (Å²) < 4.78 is 23.9. The van der Waals surface area contributed by atoms with Crippen LogP contribution in [0.25, 0.3) is 0 Å². The first-order valence-electron chi connectivity index (χ1n) is 4.22. The molecule has 0 amide bonds. The Balaban J connectivity index is 3.37. The zero-order chi connectivity index (χ0) is 11.1. The smallest absolute Gasteiger partial charge is 0.241 e. The minimum atomic E-state index is -3.66. The molecule has 1 heterocycles. The predicted octanol–water partition coefficient (Wildman–Crippen LogP) is 0.594. The van der Waals surface area contributed by atoms with E-state index in [9.17, 15) is 8.42 Å². The fraction of sp³-hybridized carbons (Fsp3) is 0.625. The van der Waals surface area contributed by atoms with Gasteiger partial charge in [0, 0.05) is 0 Å². The van der Waals surface area contributed by atoms with Gasteiger partial charge in [0.15, 0.2) is 0 Å². The summed E-state index contributed by atoms with van der Waals surface area (Å²) in [6.07, 6.45) is 1.29. The number of primary sulfonamides is 1. The monoisotopic (exact) mass is 217 g/mol. The van der Waals surface area contributed by atoms with Crippen LogP contribution in [-0.2, 0) is 15.6 Å². The SMILES string of the molecule is Cc1c(S(N)(=O)=O)cnn1C(C)(C)C. The first-order chi connectivity index (χ1) is 6.14. The summed E-state index contributed by atoms with van der Waals surface area (Å²) >= 11 is 0. The molecule has 0 aliphatic rings. The molecule has 0 aliphatic carbocycles. The highest BCUT2D eigenvalue weighted by molar-refractivity contribution is 7.89. The number of hydrogen-bond acceptors (Lipinski definition) is 3. The molecule has 0 radical (unpaired) electrons. The summed E-state index contributed by atoms with van der Waals surface area (Å²) in [5.41, 5.74) is 0.326. The van der Waals surface area contributed by atoms with Gasteiger partial charge in [-0.2, -0.15) is 5.10 Å². The lowest BCUT2D eigenvalue weighted by Crippen LogP contribution is -2.25. The maximum absolute atomic E-state index is 11.1. The molecule has 2 N–H and O–H groups in total. The summed E-state index contributed by atoms with van der Waals surface area (Å²) in [5.74, 6) is 0. The third kappa shape index (κ3) is 1.96. The fourth-order valence-corrected chi connectivity index (χ4v) is 2.04. The van der Waals surface area contributed by atoms with Crippen molar-refractivity contribution >= 4 is 10.0 Å². The first kappa shape index (κ1) is 11.2. The zero-order valence-corrected chi connectivity index (χ0v) is 9.59. The Morgan fingerprint density at radius 3 is 2.14 bits per heavy atom. The molecule has 14 heavy (non-hydrogen) atoms. The lowest BCUT2D eigenvalue weighted by Gasteiger charge is -2.21. The van der Waals surface area contributed by atoms with Crippen LogP contribution in [0.2, 0.25) is 0 Å². The highest BCUT2D eigenvalue weighted by Crippen LogP contribution is 2.20. The lowest BCUT2D eigenvalue weighted by molar-refractivity contribution is 0.347. The molecule has 0 aliphatic heterocycles. The summed E-state index contributed by atoms with van der Waals surface area (Å²) in [4.78, 5) is 0.0902. The third-order valence-corrected chi connectivity index (χ3v) is 2.92. The van der Waals surface area contributed by atoms with Gasteiger partial charge in [-0.3, -0.25) is 4.68 Å². The van der Waals surface area contributed by atoms with E-state index in [4.69, 9.17) is 5.14 Å². The Bertz CT molecular complexity index is 440. The van der Waals surface area contributed by atoms with E-state index in [0.29, 0.717) is 5.69 Å². The molecular formula is C8H15N3O2S. The van der Waals surface area contributed by atoms with Crippen LogP contribution in [0.4, 0.5) is 0 Å². The van der Waals surface area contributed by atoms with E-state index in [1.807, 2.05) is 20.8 Å². The van der Waals surface area contributed by atoms with E-state index in [-0.39, 0.29) is 10.4 Å². The van der Waals surface area contributed by atoms with Crippen LogP contribution in [0, 0.1) is 6.92 Å². The molecule has 0 aromatic carbocycles. The highest BCUT2D eigenvalue weighted by atomic mass is 32.2. The molecule has 0 atom stereocenters. The van der Waals surface area contributed by atoms with Crippen LogP contribution < -0.4 is 5.14 Å². The Kier molecular flexibility index (Phi) is 2.45. The van der Waals surface area contributed by atoms with Gasteiger partial charge in [-0.1, -0.05) is 0 Å². The van der Waals surface area contributed by atoms with Crippen LogP contribution in [-0.4, -0.2) is 18.2 Å². The second-order valence-corrected chi connectivity index (χ2v) is 5.75. The molecule has 0 fully saturated rings. The molecule has 1 aromatic rings. The molecule has 1 rings (SSSR count). The first-order valence-corrected chi connectivity index (χ1v) is 5.76. The number of sulfonamides is 1. The highest BCUT2D eigenvalue weighted by Gasteiger charge is 2.22. The second kappa shape index (κ2) is 3.06. The van der Waals surface area contributed by atoms with Crippen LogP contribution in [0.15, 0.2) is 11.1 Å². The van der Waals surface area contributed by atoms with E-state index in [1.54, 1.807) is 11.6 Å². The quantitative estimate of drug-likeness (QED) is 0.748. The summed E-state index contributed by atoms with van der Waals surface area (Å²) in [5, 5.41) is 9.04. The average molecular weight is 217 g/mol. The van der Waals surface area contributed by atoms with Gasteiger partial charge in [0.1, 0.15) is 4.90 Å². The van der Waals surface area contributed by atoms with Gasteiger partial charge >= 0.3 is 0 Å². The summed E-state index contributed by atoms with van der Waals surface area (Å²) in [6.45, 7) is 7.53. The summed E-state index contributed by atoms with van der Waals surface area (Å²) in [6, 6.07) is 0.